The van der Waals surface area contributed by atoms with Crippen LogP contribution in [0, 0.1) is 0 Å². The molecule has 2 aromatic carbocycles. The summed E-state index contributed by atoms with van der Waals surface area (Å²) in [6.45, 7) is 9.22. The normalized spacial score (nSPS) is 17.4. The van der Waals surface area contributed by atoms with Gasteiger partial charge in [0.2, 0.25) is 12.3 Å². The van der Waals surface area contributed by atoms with Crippen LogP contribution in [-0.4, -0.2) is 49.6 Å². The molecule has 9 heteroatoms. The second-order valence-electron chi connectivity index (χ2n) is 8.89. The molecule has 2 aromatic rings. The van der Waals surface area contributed by atoms with Crippen molar-refractivity contribution in [1.82, 2.24) is 4.90 Å². The number of anilines is 1. The van der Waals surface area contributed by atoms with E-state index in [-0.39, 0.29) is 23.4 Å². The summed E-state index contributed by atoms with van der Waals surface area (Å²) >= 11 is 0. The largest absolute Gasteiger partial charge is 0.416 e. The van der Waals surface area contributed by atoms with E-state index in [1.165, 1.54) is 11.0 Å². The molecule has 1 aliphatic rings. The fourth-order valence-electron chi connectivity index (χ4n) is 4.45. The molecule has 0 spiro atoms. The topological polar surface area (TPSA) is 79.0 Å². The van der Waals surface area contributed by atoms with Crippen LogP contribution in [0.1, 0.15) is 60.3 Å². The van der Waals surface area contributed by atoms with Crippen LogP contribution in [0.4, 0.5) is 18.9 Å². The highest BCUT2D eigenvalue weighted by Crippen LogP contribution is 2.48. The number of amides is 2. The molecule has 192 valence electrons. The smallest absolute Gasteiger partial charge is 0.366 e. The van der Waals surface area contributed by atoms with E-state index in [4.69, 9.17) is 5.73 Å². The first-order valence-corrected chi connectivity index (χ1v) is 11.8. The number of hydrogen-bond donors (Lipinski definition) is 1. The number of alkyl halides is 3. The number of carbonyl (C=O) groups excluding carboxylic acids is 2. The summed E-state index contributed by atoms with van der Waals surface area (Å²) in [5.74, 6) is -1.02. The Hall–Kier alpha value is -3.46. The number of carbonyl (C=O) groups is 2. The maximum atomic E-state index is 14.5. The summed E-state index contributed by atoms with van der Waals surface area (Å²) in [6, 6.07) is 9.37. The van der Waals surface area contributed by atoms with Gasteiger partial charge in [-0.2, -0.15) is 13.2 Å². The number of rotatable bonds is 9. The Morgan fingerprint density at radius 3 is 2.31 bits per heavy atom. The summed E-state index contributed by atoms with van der Waals surface area (Å²) in [5.41, 5.74) is 4.43. The maximum Gasteiger partial charge on any atom is 0.416 e. The fraction of sp³-hybridized carbons (Fsp3) is 0.370. The van der Waals surface area contributed by atoms with Crippen molar-refractivity contribution < 1.29 is 22.8 Å². The van der Waals surface area contributed by atoms with Crippen molar-refractivity contribution in [3.05, 3.63) is 69.8 Å². The molecule has 2 N–H and O–H groups in total. The molecule has 1 heterocycles. The van der Waals surface area contributed by atoms with E-state index < -0.39 is 23.2 Å². The zero-order valence-corrected chi connectivity index (χ0v) is 20.9. The number of halogens is 3. The Kier molecular flexibility index (Phi) is 8.03. The zero-order chi connectivity index (χ0) is 26.7. The van der Waals surface area contributed by atoms with Crippen molar-refractivity contribution in [2.45, 2.75) is 39.4 Å². The van der Waals surface area contributed by atoms with Crippen LogP contribution in [0.3, 0.4) is 0 Å². The number of hydrogen-bond acceptors (Lipinski definition) is 4. The summed E-state index contributed by atoms with van der Waals surface area (Å²) in [4.78, 5) is 32.2. The lowest BCUT2D eigenvalue weighted by Gasteiger charge is -2.35. The van der Waals surface area contributed by atoms with Gasteiger partial charge in [0.05, 0.1) is 11.3 Å². The first-order valence-electron chi connectivity index (χ1n) is 11.8. The first kappa shape index (κ1) is 27.1. The van der Waals surface area contributed by atoms with Crippen LogP contribution >= 0.6 is 0 Å². The van der Waals surface area contributed by atoms with Crippen LogP contribution in [0.2, 0.25) is 0 Å². The lowest BCUT2D eigenvalue weighted by atomic mass is 9.80. The molecular weight excluding hydrogens is 469 g/mol. The molecular formula is C27H31F3N4O2. The molecule has 3 rings (SSSR count). The SMILES string of the molecule is CCN(CC)CCN(C=O)c1cc(C(N)=O)cc(C(F)(F)F)c1C1(C)N=Cc2ccccc2C=C1C. The molecule has 6 nitrogen and oxygen atoms in total. The zero-order valence-electron chi connectivity index (χ0n) is 20.9. The molecule has 0 saturated carbocycles. The minimum absolute atomic E-state index is 0.0425. The summed E-state index contributed by atoms with van der Waals surface area (Å²) in [6.07, 6.45) is -0.989. The highest BCUT2D eigenvalue weighted by molar-refractivity contribution is 5.96. The molecule has 0 bridgehead atoms. The molecule has 1 aliphatic heterocycles. The second-order valence-corrected chi connectivity index (χ2v) is 8.89. The van der Waals surface area contributed by atoms with E-state index >= 15 is 0 Å². The van der Waals surface area contributed by atoms with Crippen LogP contribution in [0.25, 0.3) is 6.08 Å². The molecule has 1 unspecified atom stereocenters. The molecule has 0 aromatic heterocycles. The Labute approximate surface area is 209 Å². The van der Waals surface area contributed by atoms with Gasteiger partial charge in [-0.1, -0.05) is 44.2 Å². The van der Waals surface area contributed by atoms with Crippen molar-refractivity contribution in [3.63, 3.8) is 0 Å². The molecule has 0 aliphatic carbocycles. The third-order valence-electron chi connectivity index (χ3n) is 6.78. The van der Waals surface area contributed by atoms with E-state index in [1.54, 1.807) is 26.1 Å². The highest BCUT2D eigenvalue weighted by Gasteiger charge is 2.44. The van der Waals surface area contributed by atoms with Crippen LogP contribution in [0.15, 0.2) is 47.0 Å². The van der Waals surface area contributed by atoms with Gasteiger partial charge in [-0.15, -0.1) is 0 Å². The van der Waals surface area contributed by atoms with Gasteiger partial charge in [-0.05, 0) is 55.8 Å². The number of aliphatic imine (C=N–C) groups is 1. The summed E-state index contributed by atoms with van der Waals surface area (Å²) < 4.78 is 43.6. The number of fused-ring (bicyclic) bond motifs is 1. The summed E-state index contributed by atoms with van der Waals surface area (Å²) in [5, 5.41) is 0. The van der Waals surface area contributed by atoms with Gasteiger partial charge in [0, 0.05) is 30.4 Å². The number of nitrogens with two attached hydrogens (primary N) is 1. The Bertz CT molecular complexity index is 1200. The van der Waals surface area contributed by atoms with E-state index in [9.17, 15) is 22.8 Å². The van der Waals surface area contributed by atoms with Crippen molar-refractivity contribution in [2.75, 3.05) is 31.1 Å². The van der Waals surface area contributed by atoms with Gasteiger partial charge in [0.15, 0.2) is 0 Å². The highest BCUT2D eigenvalue weighted by atomic mass is 19.4. The quantitative estimate of drug-likeness (QED) is 0.500. The number of nitrogens with zero attached hydrogens (tertiary/aromatic N) is 3. The van der Waals surface area contributed by atoms with Crippen LogP contribution in [0.5, 0.6) is 0 Å². The van der Waals surface area contributed by atoms with Crippen molar-refractivity contribution in [3.8, 4) is 0 Å². The monoisotopic (exact) mass is 500 g/mol. The molecule has 36 heavy (non-hydrogen) atoms. The van der Waals surface area contributed by atoms with Crippen molar-refractivity contribution >= 4 is 30.3 Å². The lowest BCUT2D eigenvalue weighted by Crippen LogP contribution is -2.37. The predicted molar refractivity (Wildman–Crippen MR) is 136 cm³/mol. The maximum absolute atomic E-state index is 14.5. The van der Waals surface area contributed by atoms with E-state index in [0.29, 0.717) is 31.6 Å². The minimum Gasteiger partial charge on any atom is -0.366 e. The Morgan fingerprint density at radius 2 is 1.75 bits per heavy atom. The van der Waals surface area contributed by atoms with Crippen LogP contribution < -0.4 is 10.6 Å². The average Bonchev–Trinajstić information content (AvgIpc) is 2.97. The minimum atomic E-state index is -4.83. The third-order valence-corrected chi connectivity index (χ3v) is 6.78. The van der Waals surface area contributed by atoms with Crippen molar-refractivity contribution in [2.24, 2.45) is 10.7 Å². The molecule has 2 amide bonds. The Balaban J connectivity index is 2.33. The lowest BCUT2D eigenvalue weighted by molar-refractivity contribution is -0.138. The predicted octanol–water partition coefficient (Wildman–Crippen LogP) is 4.86. The molecule has 0 saturated heterocycles. The first-order chi connectivity index (χ1) is 17.0. The van der Waals surface area contributed by atoms with E-state index in [2.05, 4.69) is 4.99 Å². The van der Waals surface area contributed by atoms with Gasteiger partial charge >= 0.3 is 6.18 Å². The van der Waals surface area contributed by atoms with Gasteiger partial charge in [0.1, 0.15) is 5.54 Å². The standard InChI is InChI=1S/C27H31F3N4O2/c1-5-33(6-2)11-12-34(17-35)23-15-21(25(31)36)14-22(27(28,29)30)24(23)26(4)18(3)13-19-9-7-8-10-20(19)16-32-26/h7-10,13-17H,5-6,11-12H2,1-4H3,(H2,31,36). The summed E-state index contributed by atoms with van der Waals surface area (Å²) in [7, 11) is 0. The van der Waals surface area contributed by atoms with Gasteiger partial charge in [0.25, 0.3) is 0 Å². The molecule has 1 atom stereocenters. The van der Waals surface area contributed by atoms with Crippen LogP contribution in [-0.2, 0) is 16.5 Å². The number of benzene rings is 2. The fourth-order valence-corrected chi connectivity index (χ4v) is 4.45. The van der Waals surface area contributed by atoms with E-state index in [0.717, 1.165) is 17.2 Å². The van der Waals surface area contributed by atoms with Gasteiger partial charge < -0.3 is 15.5 Å². The molecule has 0 fully saturated rings. The average molecular weight is 501 g/mol. The van der Waals surface area contributed by atoms with Gasteiger partial charge in [-0.3, -0.25) is 14.6 Å². The number of primary amides is 1. The van der Waals surface area contributed by atoms with Gasteiger partial charge in [-0.25, -0.2) is 0 Å². The third kappa shape index (κ3) is 5.36. The molecule has 0 radical (unpaired) electrons. The van der Waals surface area contributed by atoms with Crippen molar-refractivity contribution in [1.29, 1.82) is 0 Å². The number of likely N-dealkylation sites (N-methyl/N-ethyl adjacent to an activating group) is 1. The van der Waals surface area contributed by atoms with E-state index in [1.807, 2.05) is 43.0 Å². The second kappa shape index (κ2) is 10.7. The Morgan fingerprint density at radius 1 is 1.11 bits per heavy atom.